The third-order valence-electron chi connectivity index (χ3n) is 1.97. The smallest absolute Gasteiger partial charge is 0.235 e. The Morgan fingerprint density at radius 3 is 2.56 bits per heavy atom. The predicted octanol–water partition coefficient (Wildman–Crippen LogP) is 2.36. The fourth-order valence-electron chi connectivity index (χ4n) is 0.944. The number of nitrogens with one attached hydrogen (secondary N) is 1. The first-order valence-corrected chi connectivity index (χ1v) is 6.50. The largest absolute Gasteiger partial charge is 0.282 e. The lowest BCUT2D eigenvalue weighted by Crippen LogP contribution is -2.22. The van der Waals surface area contributed by atoms with Gasteiger partial charge < -0.3 is 0 Å². The van der Waals surface area contributed by atoms with E-state index in [0.29, 0.717) is 5.56 Å². The number of benzene rings is 1. The van der Waals surface area contributed by atoms with E-state index in [4.69, 9.17) is 16.9 Å². The van der Waals surface area contributed by atoms with Gasteiger partial charge in [0.25, 0.3) is 0 Å². The van der Waals surface area contributed by atoms with Gasteiger partial charge in [0.1, 0.15) is 0 Å². The summed E-state index contributed by atoms with van der Waals surface area (Å²) in [5.74, 6) is 0. The first kappa shape index (κ1) is 12.8. The van der Waals surface area contributed by atoms with Crippen molar-refractivity contribution in [2.24, 2.45) is 0 Å². The topological polar surface area (TPSA) is 70.0 Å². The van der Waals surface area contributed by atoms with Crippen molar-refractivity contribution in [2.75, 3.05) is 4.72 Å². The van der Waals surface area contributed by atoms with Crippen molar-refractivity contribution in [3.8, 4) is 6.07 Å². The molecule has 0 atom stereocenters. The van der Waals surface area contributed by atoms with E-state index in [1.165, 1.54) is 18.2 Å². The molecule has 0 amide bonds. The van der Waals surface area contributed by atoms with E-state index < -0.39 is 15.3 Å². The van der Waals surface area contributed by atoms with Crippen LogP contribution in [0.25, 0.3) is 0 Å². The van der Waals surface area contributed by atoms with Gasteiger partial charge in [-0.1, -0.05) is 11.6 Å². The van der Waals surface area contributed by atoms with Gasteiger partial charge in [0.2, 0.25) is 10.0 Å². The van der Waals surface area contributed by atoms with Crippen molar-refractivity contribution in [1.82, 2.24) is 0 Å². The number of anilines is 1. The number of nitriles is 1. The van der Waals surface area contributed by atoms with Gasteiger partial charge >= 0.3 is 0 Å². The highest BCUT2D eigenvalue weighted by Gasteiger charge is 2.17. The molecule has 0 fully saturated rings. The molecule has 0 unspecified atom stereocenters. The molecule has 0 radical (unpaired) electrons. The fourth-order valence-corrected chi connectivity index (χ4v) is 1.88. The van der Waals surface area contributed by atoms with Crippen molar-refractivity contribution in [2.45, 2.75) is 19.1 Å². The van der Waals surface area contributed by atoms with Gasteiger partial charge in [-0.3, -0.25) is 4.72 Å². The molecule has 1 aromatic rings. The molecule has 1 rings (SSSR count). The standard InChI is InChI=1S/C10H11ClN2O2S/c1-7(2)16(14,15)13-10-5-8(6-12)3-4-9(10)11/h3-5,7,13H,1-2H3. The maximum Gasteiger partial charge on any atom is 0.235 e. The molecule has 0 aliphatic rings. The zero-order valence-corrected chi connectivity index (χ0v) is 10.4. The van der Waals surface area contributed by atoms with E-state index in [9.17, 15) is 8.42 Å². The monoisotopic (exact) mass is 258 g/mol. The molecule has 0 heterocycles. The van der Waals surface area contributed by atoms with Gasteiger partial charge in [-0.2, -0.15) is 5.26 Å². The van der Waals surface area contributed by atoms with Crippen LogP contribution < -0.4 is 4.72 Å². The third kappa shape index (κ3) is 2.87. The SMILES string of the molecule is CC(C)S(=O)(=O)Nc1cc(C#N)ccc1Cl. The molecule has 0 aromatic heterocycles. The van der Waals surface area contributed by atoms with Gasteiger partial charge in [-0.25, -0.2) is 8.42 Å². The quantitative estimate of drug-likeness (QED) is 0.905. The summed E-state index contributed by atoms with van der Waals surface area (Å²) in [6.45, 7) is 3.12. The highest BCUT2D eigenvalue weighted by molar-refractivity contribution is 7.93. The summed E-state index contributed by atoms with van der Waals surface area (Å²) in [7, 11) is -3.44. The van der Waals surface area contributed by atoms with Crippen molar-refractivity contribution < 1.29 is 8.42 Å². The summed E-state index contributed by atoms with van der Waals surface area (Å²) in [6, 6.07) is 6.33. The molecule has 0 aliphatic carbocycles. The Morgan fingerprint density at radius 1 is 1.44 bits per heavy atom. The second kappa shape index (κ2) is 4.73. The predicted molar refractivity (Wildman–Crippen MR) is 63.8 cm³/mol. The molecule has 16 heavy (non-hydrogen) atoms. The number of sulfonamides is 1. The van der Waals surface area contributed by atoms with Crippen LogP contribution in [-0.4, -0.2) is 13.7 Å². The number of nitrogens with zero attached hydrogens (tertiary/aromatic N) is 1. The Balaban J connectivity index is 3.12. The fraction of sp³-hybridized carbons (Fsp3) is 0.300. The highest BCUT2D eigenvalue weighted by Crippen LogP contribution is 2.24. The van der Waals surface area contributed by atoms with Crippen molar-refractivity contribution >= 4 is 27.3 Å². The van der Waals surface area contributed by atoms with E-state index in [-0.39, 0.29) is 10.7 Å². The van der Waals surface area contributed by atoms with Crippen LogP contribution in [0.4, 0.5) is 5.69 Å². The second-order valence-corrected chi connectivity index (χ2v) is 6.15. The van der Waals surface area contributed by atoms with Gasteiger partial charge in [-0.05, 0) is 32.0 Å². The summed E-state index contributed by atoms with van der Waals surface area (Å²) in [6.07, 6.45) is 0. The molecule has 0 bridgehead atoms. The molecule has 4 nitrogen and oxygen atoms in total. The van der Waals surface area contributed by atoms with E-state index in [1.54, 1.807) is 13.8 Å². The third-order valence-corrected chi connectivity index (χ3v) is 4.04. The lowest BCUT2D eigenvalue weighted by atomic mass is 10.2. The molecule has 86 valence electrons. The van der Waals surface area contributed by atoms with Crippen LogP contribution in [0.15, 0.2) is 18.2 Å². The minimum atomic E-state index is -3.44. The molecular formula is C10H11ClN2O2S. The van der Waals surface area contributed by atoms with Crippen LogP contribution >= 0.6 is 11.6 Å². The Hall–Kier alpha value is -1.25. The lowest BCUT2D eigenvalue weighted by Gasteiger charge is -2.12. The van der Waals surface area contributed by atoms with Gasteiger partial charge in [-0.15, -0.1) is 0 Å². The molecule has 0 spiro atoms. The van der Waals surface area contributed by atoms with Crippen LogP contribution in [0.1, 0.15) is 19.4 Å². The maximum absolute atomic E-state index is 11.6. The van der Waals surface area contributed by atoms with Crippen LogP contribution in [0.5, 0.6) is 0 Å². The van der Waals surface area contributed by atoms with E-state index in [2.05, 4.69) is 4.72 Å². The van der Waals surface area contributed by atoms with Crippen molar-refractivity contribution in [1.29, 1.82) is 5.26 Å². The average molecular weight is 259 g/mol. The summed E-state index contributed by atoms with van der Waals surface area (Å²) in [4.78, 5) is 0. The summed E-state index contributed by atoms with van der Waals surface area (Å²) < 4.78 is 25.5. The number of rotatable bonds is 3. The Kier molecular flexibility index (Phi) is 3.79. The summed E-state index contributed by atoms with van der Waals surface area (Å²) in [5, 5.41) is 8.40. The number of hydrogen-bond donors (Lipinski definition) is 1. The Bertz CT molecular complexity index is 532. The van der Waals surface area contributed by atoms with Gasteiger partial charge in [0.15, 0.2) is 0 Å². The average Bonchev–Trinajstić information content (AvgIpc) is 2.21. The Morgan fingerprint density at radius 2 is 2.06 bits per heavy atom. The van der Waals surface area contributed by atoms with Gasteiger partial charge in [0.05, 0.1) is 27.6 Å². The molecule has 0 saturated heterocycles. The maximum atomic E-state index is 11.6. The van der Waals surface area contributed by atoms with Crippen LogP contribution in [-0.2, 0) is 10.0 Å². The molecule has 0 aliphatic heterocycles. The summed E-state index contributed by atoms with van der Waals surface area (Å²) >= 11 is 5.83. The lowest BCUT2D eigenvalue weighted by molar-refractivity contribution is 0.593. The number of hydrogen-bond acceptors (Lipinski definition) is 3. The van der Waals surface area contributed by atoms with Gasteiger partial charge in [0, 0.05) is 0 Å². The van der Waals surface area contributed by atoms with Crippen LogP contribution in [0.2, 0.25) is 5.02 Å². The number of halogens is 1. The van der Waals surface area contributed by atoms with E-state index in [1.807, 2.05) is 6.07 Å². The molecule has 1 N–H and O–H groups in total. The van der Waals surface area contributed by atoms with Crippen LogP contribution in [0, 0.1) is 11.3 Å². The first-order chi connectivity index (χ1) is 7.36. The molecule has 1 aromatic carbocycles. The van der Waals surface area contributed by atoms with Crippen molar-refractivity contribution in [3.05, 3.63) is 28.8 Å². The minimum Gasteiger partial charge on any atom is -0.282 e. The highest BCUT2D eigenvalue weighted by atomic mass is 35.5. The molecular weight excluding hydrogens is 248 g/mol. The summed E-state index contributed by atoms with van der Waals surface area (Å²) in [5.41, 5.74) is 0.584. The van der Waals surface area contributed by atoms with Crippen molar-refractivity contribution in [3.63, 3.8) is 0 Å². The van der Waals surface area contributed by atoms with E-state index >= 15 is 0 Å². The Labute approximate surface area is 99.9 Å². The normalized spacial score (nSPS) is 11.2. The first-order valence-electron chi connectivity index (χ1n) is 4.58. The zero-order chi connectivity index (χ0) is 12.3. The molecule has 0 saturated carbocycles. The van der Waals surface area contributed by atoms with E-state index in [0.717, 1.165) is 0 Å². The molecule has 6 heteroatoms. The minimum absolute atomic E-state index is 0.231. The second-order valence-electron chi connectivity index (χ2n) is 3.50. The van der Waals surface area contributed by atoms with Crippen LogP contribution in [0.3, 0.4) is 0 Å². The zero-order valence-electron chi connectivity index (χ0n) is 8.86.